The number of hydrogen-bond acceptors (Lipinski definition) is 3. The standard InChI is InChI=1S/C25H17Cl2NO2/c26-20-13-11-19(12-14-20)23-21(18-9-5-2-6-10-18)15-22(24(27)29)25(28-23)30-16-17-7-3-1-4-8-17/h1-15H,16H2. The predicted molar refractivity (Wildman–Crippen MR) is 121 cm³/mol. The molecule has 0 aliphatic heterocycles. The van der Waals surface area contributed by atoms with Crippen molar-refractivity contribution >= 4 is 28.4 Å². The topological polar surface area (TPSA) is 39.2 Å². The maximum atomic E-state index is 12.2. The first-order valence-electron chi connectivity index (χ1n) is 9.35. The number of benzene rings is 3. The lowest BCUT2D eigenvalue weighted by atomic mass is 9.98. The van der Waals surface area contributed by atoms with Crippen LogP contribution < -0.4 is 4.74 Å². The molecule has 0 aliphatic rings. The van der Waals surface area contributed by atoms with E-state index in [0.29, 0.717) is 10.7 Å². The maximum Gasteiger partial charge on any atom is 0.257 e. The average Bonchev–Trinajstić information content (AvgIpc) is 2.79. The van der Waals surface area contributed by atoms with Crippen molar-refractivity contribution in [1.82, 2.24) is 4.98 Å². The minimum Gasteiger partial charge on any atom is -0.472 e. The fourth-order valence-electron chi connectivity index (χ4n) is 3.14. The number of carbonyl (C=O) groups is 1. The number of halogens is 2. The van der Waals surface area contributed by atoms with Crippen LogP contribution in [0.25, 0.3) is 22.4 Å². The fourth-order valence-corrected chi connectivity index (χ4v) is 3.40. The molecule has 0 atom stereocenters. The van der Waals surface area contributed by atoms with Gasteiger partial charge in [0.25, 0.3) is 5.24 Å². The van der Waals surface area contributed by atoms with Crippen molar-refractivity contribution in [1.29, 1.82) is 0 Å². The minimum absolute atomic E-state index is 0.198. The van der Waals surface area contributed by atoms with Crippen LogP contribution in [-0.4, -0.2) is 10.2 Å². The van der Waals surface area contributed by atoms with Crippen LogP contribution in [0.1, 0.15) is 15.9 Å². The lowest BCUT2D eigenvalue weighted by Gasteiger charge is -2.15. The second-order valence-electron chi connectivity index (χ2n) is 6.66. The van der Waals surface area contributed by atoms with Gasteiger partial charge in [0, 0.05) is 16.1 Å². The van der Waals surface area contributed by atoms with Gasteiger partial charge in [-0.3, -0.25) is 4.79 Å². The molecule has 0 fully saturated rings. The van der Waals surface area contributed by atoms with E-state index < -0.39 is 5.24 Å². The molecular formula is C25H17Cl2NO2. The number of rotatable bonds is 6. The summed E-state index contributed by atoms with van der Waals surface area (Å²) in [6.07, 6.45) is 0. The summed E-state index contributed by atoms with van der Waals surface area (Å²) in [5.74, 6) is 0.198. The van der Waals surface area contributed by atoms with Gasteiger partial charge in [-0.05, 0) is 40.9 Å². The van der Waals surface area contributed by atoms with Gasteiger partial charge < -0.3 is 4.74 Å². The van der Waals surface area contributed by atoms with Gasteiger partial charge in [-0.2, -0.15) is 0 Å². The van der Waals surface area contributed by atoms with Gasteiger partial charge in [0.15, 0.2) is 0 Å². The molecule has 3 nitrogen and oxygen atoms in total. The maximum absolute atomic E-state index is 12.2. The third-order valence-corrected chi connectivity index (χ3v) is 5.08. The molecule has 0 bridgehead atoms. The molecule has 4 rings (SSSR count). The molecule has 0 saturated heterocycles. The molecule has 5 heteroatoms. The Morgan fingerprint density at radius 3 is 2.10 bits per heavy atom. The highest BCUT2D eigenvalue weighted by Gasteiger charge is 2.19. The molecule has 3 aromatic carbocycles. The number of aromatic nitrogens is 1. The van der Waals surface area contributed by atoms with Gasteiger partial charge in [-0.25, -0.2) is 4.98 Å². The Balaban J connectivity index is 1.84. The molecule has 0 spiro atoms. The molecule has 0 N–H and O–H groups in total. The first kappa shape index (κ1) is 20.1. The second kappa shape index (κ2) is 9.12. The zero-order chi connectivity index (χ0) is 20.9. The Morgan fingerprint density at radius 1 is 0.833 bits per heavy atom. The number of hydrogen-bond donors (Lipinski definition) is 0. The third-order valence-electron chi connectivity index (χ3n) is 4.62. The lowest BCUT2D eigenvalue weighted by molar-refractivity contribution is 0.107. The third kappa shape index (κ3) is 4.54. The Morgan fingerprint density at radius 2 is 1.47 bits per heavy atom. The quantitative estimate of drug-likeness (QED) is 0.306. The molecule has 1 heterocycles. The molecule has 4 aromatic rings. The van der Waals surface area contributed by atoms with Crippen molar-refractivity contribution in [3.05, 3.63) is 107 Å². The summed E-state index contributed by atoms with van der Waals surface area (Å²) in [4.78, 5) is 16.9. The van der Waals surface area contributed by atoms with Crippen molar-refractivity contribution in [2.75, 3.05) is 0 Å². The van der Waals surface area contributed by atoms with Crippen molar-refractivity contribution in [2.24, 2.45) is 0 Å². The summed E-state index contributed by atoms with van der Waals surface area (Å²) < 4.78 is 5.92. The van der Waals surface area contributed by atoms with Gasteiger partial charge >= 0.3 is 0 Å². The van der Waals surface area contributed by atoms with Crippen LogP contribution in [0.4, 0.5) is 0 Å². The Bertz CT molecular complexity index is 1160. The number of pyridine rings is 1. The molecule has 0 radical (unpaired) electrons. The summed E-state index contributed by atoms with van der Waals surface area (Å²) in [6.45, 7) is 0.274. The summed E-state index contributed by atoms with van der Waals surface area (Å²) in [7, 11) is 0. The van der Waals surface area contributed by atoms with E-state index in [0.717, 1.165) is 22.3 Å². The van der Waals surface area contributed by atoms with E-state index >= 15 is 0 Å². The lowest BCUT2D eigenvalue weighted by Crippen LogP contribution is -2.05. The van der Waals surface area contributed by atoms with Crippen molar-refractivity contribution in [3.8, 4) is 28.3 Å². The molecule has 30 heavy (non-hydrogen) atoms. The van der Waals surface area contributed by atoms with Crippen LogP contribution in [0, 0.1) is 0 Å². The Kier molecular flexibility index (Phi) is 6.12. The summed E-state index contributed by atoms with van der Waals surface area (Å²) >= 11 is 12.0. The smallest absolute Gasteiger partial charge is 0.257 e. The molecule has 0 saturated carbocycles. The molecular weight excluding hydrogens is 417 g/mol. The van der Waals surface area contributed by atoms with Gasteiger partial charge in [0.1, 0.15) is 6.61 Å². The SMILES string of the molecule is O=C(Cl)c1cc(-c2ccccc2)c(-c2ccc(Cl)cc2)nc1OCc1ccccc1. The van der Waals surface area contributed by atoms with Gasteiger partial charge in [0.2, 0.25) is 5.88 Å². The molecule has 0 unspecified atom stereocenters. The van der Waals surface area contributed by atoms with E-state index in [9.17, 15) is 4.79 Å². The largest absolute Gasteiger partial charge is 0.472 e. The van der Waals surface area contributed by atoms with Crippen molar-refractivity contribution in [2.45, 2.75) is 6.61 Å². The van der Waals surface area contributed by atoms with Crippen LogP contribution in [-0.2, 0) is 6.61 Å². The van der Waals surface area contributed by atoms with E-state index in [4.69, 9.17) is 32.9 Å². The normalized spacial score (nSPS) is 10.6. The highest BCUT2D eigenvalue weighted by Crippen LogP contribution is 2.36. The van der Waals surface area contributed by atoms with Crippen LogP contribution in [0.3, 0.4) is 0 Å². The van der Waals surface area contributed by atoms with Crippen molar-refractivity contribution in [3.63, 3.8) is 0 Å². The van der Waals surface area contributed by atoms with Crippen LogP contribution in [0.15, 0.2) is 91.0 Å². The molecule has 148 valence electrons. The first-order valence-corrected chi connectivity index (χ1v) is 10.1. The molecule has 0 amide bonds. The minimum atomic E-state index is -0.620. The van der Waals surface area contributed by atoms with Crippen molar-refractivity contribution < 1.29 is 9.53 Å². The Labute approximate surface area is 184 Å². The van der Waals surface area contributed by atoms with E-state index in [1.54, 1.807) is 18.2 Å². The number of ether oxygens (including phenoxy) is 1. The van der Waals surface area contributed by atoms with E-state index in [1.807, 2.05) is 72.8 Å². The summed E-state index contributed by atoms with van der Waals surface area (Å²) in [5, 5.41) is 0.0125. The number of nitrogens with zero attached hydrogens (tertiary/aromatic N) is 1. The zero-order valence-corrected chi connectivity index (χ0v) is 17.4. The van der Waals surface area contributed by atoms with Gasteiger partial charge in [-0.1, -0.05) is 84.4 Å². The summed E-state index contributed by atoms with van der Waals surface area (Å²) in [6, 6.07) is 28.5. The second-order valence-corrected chi connectivity index (χ2v) is 7.44. The highest BCUT2D eigenvalue weighted by atomic mass is 35.5. The molecule has 0 aliphatic carbocycles. The van der Waals surface area contributed by atoms with Crippen LogP contribution >= 0.6 is 23.2 Å². The monoisotopic (exact) mass is 433 g/mol. The predicted octanol–water partition coefficient (Wildman–Crippen LogP) is 7.03. The molecule has 1 aromatic heterocycles. The fraction of sp³-hybridized carbons (Fsp3) is 0.0400. The Hall–Kier alpha value is -3.14. The van der Waals surface area contributed by atoms with E-state index in [-0.39, 0.29) is 18.1 Å². The zero-order valence-electron chi connectivity index (χ0n) is 15.9. The first-order chi connectivity index (χ1) is 14.6. The van der Waals surface area contributed by atoms with E-state index in [1.165, 1.54) is 0 Å². The van der Waals surface area contributed by atoms with Gasteiger partial charge in [0.05, 0.1) is 11.3 Å². The van der Waals surface area contributed by atoms with Crippen LogP contribution in [0.2, 0.25) is 5.02 Å². The highest BCUT2D eigenvalue weighted by molar-refractivity contribution is 6.68. The van der Waals surface area contributed by atoms with E-state index in [2.05, 4.69) is 0 Å². The average molecular weight is 434 g/mol. The van der Waals surface area contributed by atoms with Crippen LogP contribution in [0.5, 0.6) is 5.88 Å². The summed E-state index contributed by atoms with van der Waals surface area (Å²) in [5.41, 5.74) is 4.44. The van der Waals surface area contributed by atoms with Gasteiger partial charge in [-0.15, -0.1) is 0 Å². The number of carbonyl (C=O) groups excluding carboxylic acids is 1.